The molecule has 4 atom stereocenters. The normalized spacial score (nSPS) is 63.1. The molecule has 0 nitrogen and oxygen atoms in total. The van der Waals surface area contributed by atoms with Crippen molar-refractivity contribution in [3.63, 3.8) is 0 Å². The largest absolute Gasteiger partial charge is 0.282 e. The van der Waals surface area contributed by atoms with Crippen molar-refractivity contribution in [1.29, 1.82) is 0 Å². The maximum Gasteiger partial charge on any atom is 0.282 e. The molecule has 0 unspecified atom stereocenters. The van der Waals surface area contributed by atoms with E-state index in [1.165, 1.54) is 0 Å². The summed E-state index contributed by atoms with van der Waals surface area (Å²) in [6.07, 6.45) is 6.25. The highest BCUT2D eigenvalue weighted by atomic mass is 79.9. The highest BCUT2D eigenvalue weighted by Crippen LogP contribution is 2.92. The molecule has 0 aromatic rings. The fourth-order valence-corrected chi connectivity index (χ4v) is 6.83. The molecule has 4 aliphatic rings. The average molecular weight is 326 g/mol. The summed E-state index contributed by atoms with van der Waals surface area (Å²) < 4.78 is 25.6. The monoisotopic (exact) mass is 324 g/mol. The van der Waals surface area contributed by atoms with Crippen molar-refractivity contribution in [3.05, 3.63) is 12.2 Å². The van der Waals surface area contributed by atoms with Gasteiger partial charge in [0.15, 0.2) is 0 Å². The van der Waals surface area contributed by atoms with Crippen molar-refractivity contribution >= 4 is 31.9 Å². The van der Waals surface area contributed by atoms with Gasteiger partial charge in [0.1, 0.15) is 8.65 Å². The van der Waals surface area contributed by atoms with Crippen LogP contribution >= 0.6 is 31.9 Å². The van der Waals surface area contributed by atoms with E-state index in [4.69, 9.17) is 0 Å². The summed E-state index contributed by atoms with van der Waals surface area (Å²) in [7, 11) is 0. The second-order valence-corrected chi connectivity index (χ2v) is 7.57. The molecule has 14 heavy (non-hydrogen) atoms. The molecule has 0 aromatic heterocycles. The summed E-state index contributed by atoms with van der Waals surface area (Å²) in [6.45, 7) is 0. The van der Waals surface area contributed by atoms with Crippen LogP contribution in [0.25, 0.3) is 0 Å². The zero-order chi connectivity index (χ0) is 9.98. The highest BCUT2D eigenvalue weighted by molar-refractivity contribution is 9.13. The maximum absolute atomic E-state index is 13.8. The second-order valence-electron chi connectivity index (χ2n) is 5.07. The molecular formula is C10H8Br2F2. The Bertz CT molecular complexity index is 358. The van der Waals surface area contributed by atoms with E-state index in [0.29, 0.717) is 0 Å². The van der Waals surface area contributed by atoms with Crippen LogP contribution in [0.4, 0.5) is 8.78 Å². The van der Waals surface area contributed by atoms with E-state index >= 15 is 0 Å². The van der Waals surface area contributed by atoms with Gasteiger partial charge in [-0.05, 0) is 18.3 Å². The van der Waals surface area contributed by atoms with Crippen molar-refractivity contribution in [2.45, 2.75) is 27.4 Å². The van der Waals surface area contributed by atoms with Gasteiger partial charge in [-0.1, -0.05) is 44.0 Å². The Balaban J connectivity index is 1.96. The summed E-state index contributed by atoms with van der Waals surface area (Å²) in [5.74, 6) is -2.52. The van der Waals surface area contributed by atoms with E-state index in [9.17, 15) is 8.78 Å². The Kier molecular flexibility index (Phi) is 1.11. The minimum Gasteiger partial charge on any atom is -0.203 e. The lowest BCUT2D eigenvalue weighted by atomic mass is 9.86. The maximum atomic E-state index is 13.8. The van der Waals surface area contributed by atoms with Crippen molar-refractivity contribution < 1.29 is 8.78 Å². The van der Waals surface area contributed by atoms with Crippen LogP contribution in [-0.4, -0.2) is 14.6 Å². The molecule has 4 rings (SSSR count). The number of hydrogen-bond acceptors (Lipinski definition) is 0. The molecule has 3 saturated carbocycles. The van der Waals surface area contributed by atoms with Crippen molar-refractivity contribution in [2.24, 2.45) is 17.3 Å². The first-order chi connectivity index (χ1) is 6.43. The van der Waals surface area contributed by atoms with Gasteiger partial charge >= 0.3 is 0 Å². The first-order valence-corrected chi connectivity index (χ1v) is 6.45. The number of rotatable bonds is 0. The minimum absolute atomic E-state index is 0.0365. The van der Waals surface area contributed by atoms with Crippen LogP contribution < -0.4 is 0 Å². The van der Waals surface area contributed by atoms with Gasteiger partial charge in [-0.15, -0.1) is 0 Å². The van der Waals surface area contributed by atoms with Gasteiger partial charge in [0.2, 0.25) is 0 Å². The molecule has 2 bridgehead atoms. The number of allylic oxidation sites excluding steroid dienone is 2. The first kappa shape index (κ1) is 8.68. The third-order valence-corrected chi connectivity index (χ3v) is 8.57. The lowest BCUT2D eigenvalue weighted by Gasteiger charge is -2.23. The van der Waals surface area contributed by atoms with Gasteiger partial charge in [-0.3, -0.25) is 0 Å². The Morgan fingerprint density at radius 3 is 1.79 bits per heavy atom. The number of halogens is 4. The van der Waals surface area contributed by atoms with Crippen LogP contribution in [0.2, 0.25) is 0 Å². The second kappa shape index (κ2) is 1.79. The van der Waals surface area contributed by atoms with Gasteiger partial charge in [-0.25, -0.2) is 8.78 Å². The molecule has 0 N–H and O–H groups in total. The summed E-state index contributed by atoms with van der Waals surface area (Å²) in [6, 6.07) is 0. The molecule has 0 heterocycles. The van der Waals surface area contributed by atoms with Crippen molar-refractivity contribution in [3.8, 4) is 0 Å². The molecule has 0 amide bonds. The summed E-state index contributed by atoms with van der Waals surface area (Å²) >= 11 is 6.64. The van der Waals surface area contributed by atoms with Crippen molar-refractivity contribution in [2.75, 3.05) is 0 Å². The van der Waals surface area contributed by atoms with Gasteiger partial charge in [0.25, 0.3) is 5.92 Å². The minimum atomic E-state index is -2.59. The van der Waals surface area contributed by atoms with Crippen LogP contribution in [0.15, 0.2) is 12.2 Å². The van der Waals surface area contributed by atoms with Crippen LogP contribution in [0, 0.1) is 17.3 Å². The zero-order valence-electron chi connectivity index (χ0n) is 7.24. The van der Waals surface area contributed by atoms with Crippen LogP contribution in [0.5, 0.6) is 0 Å². The fraction of sp³-hybridized carbons (Fsp3) is 0.800. The lowest BCUT2D eigenvalue weighted by Crippen LogP contribution is -2.28. The van der Waals surface area contributed by atoms with E-state index in [0.717, 1.165) is 12.8 Å². The van der Waals surface area contributed by atoms with E-state index < -0.39 is 14.6 Å². The van der Waals surface area contributed by atoms with Gasteiger partial charge in [0, 0.05) is 11.8 Å². The fourth-order valence-electron chi connectivity index (χ4n) is 3.93. The third kappa shape index (κ3) is 0.473. The Labute approximate surface area is 97.4 Å². The van der Waals surface area contributed by atoms with Crippen molar-refractivity contribution in [1.82, 2.24) is 0 Å². The van der Waals surface area contributed by atoms with E-state index in [-0.39, 0.29) is 17.3 Å². The summed E-state index contributed by atoms with van der Waals surface area (Å²) in [5.41, 5.74) is 0.189. The number of fused-ring (bicyclic) bond motifs is 3. The van der Waals surface area contributed by atoms with Gasteiger partial charge in [-0.2, -0.15) is 0 Å². The Hall–Kier alpha value is 0.560. The molecule has 76 valence electrons. The molecule has 0 radical (unpaired) electrons. The predicted octanol–water partition coefficient (Wildman–Crippen LogP) is 3.50. The first-order valence-electron chi connectivity index (χ1n) is 4.87. The third-order valence-electron chi connectivity index (χ3n) is 4.80. The number of hydrogen-bond donors (Lipinski definition) is 0. The predicted molar refractivity (Wildman–Crippen MR) is 56.1 cm³/mol. The molecule has 0 aromatic carbocycles. The van der Waals surface area contributed by atoms with Gasteiger partial charge < -0.3 is 0 Å². The molecule has 3 fully saturated rings. The molecule has 1 spiro atoms. The molecule has 4 heteroatoms. The quantitative estimate of drug-likeness (QED) is 0.472. The van der Waals surface area contributed by atoms with Gasteiger partial charge in [0.05, 0.1) is 0 Å². The van der Waals surface area contributed by atoms with E-state index in [1.54, 1.807) is 0 Å². The SMILES string of the molecule is FC1(F)[C@]2(Br)[C@H]3C=C[C@H](C34CC4)[C@]12Br. The summed E-state index contributed by atoms with van der Waals surface area (Å²) in [4.78, 5) is 0. The highest BCUT2D eigenvalue weighted by Gasteiger charge is 3.02. The number of alkyl halides is 4. The molecule has 0 saturated heterocycles. The zero-order valence-corrected chi connectivity index (χ0v) is 10.4. The standard InChI is InChI=1S/C10H8Br2F2/c11-8-5-1-2-6(7(5)3-4-7)9(8,12)10(8,13)14/h1-2,5-6H,3-4H2/t5-,6+,8-,9+. The van der Waals surface area contributed by atoms with Crippen LogP contribution in [-0.2, 0) is 0 Å². The van der Waals surface area contributed by atoms with E-state index in [1.807, 2.05) is 12.2 Å². The summed E-state index contributed by atoms with van der Waals surface area (Å²) in [5, 5.41) is 0. The Morgan fingerprint density at radius 2 is 1.43 bits per heavy atom. The smallest absolute Gasteiger partial charge is 0.203 e. The average Bonchev–Trinajstić information content (AvgIpc) is 2.84. The molecular weight excluding hydrogens is 318 g/mol. The van der Waals surface area contributed by atoms with Crippen LogP contribution in [0.3, 0.4) is 0 Å². The molecule has 0 aliphatic heterocycles. The van der Waals surface area contributed by atoms with E-state index in [2.05, 4.69) is 31.9 Å². The topological polar surface area (TPSA) is 0 Å². The molecule has 4 aliphatic carbocycles. The van der Waals surface area contributed by atoms with Crippen LogP contribution in [0.1, 0.15) is 12.8 Å². The Morgan fingerprint density at radius 1 is 1.00 bits per heavy atom. The lowest BCUT2D eigenvalue weighted by molar-refractivity contribution is 0.0573.